The quantitative estimate of drug-likeness (QED) is 0.607. The van der Waals surface area contributed by atoms with Crippen molar-refractivity contribution < 1.29 is 18.7 Å². The van der Waals surface area contributed by atoms with Crippen LogP contribution in [0.2, 0.25) is 0 Å². The summed E-state index contributed by atoms with van der Waals surface area (Å²) in [5, 5.41) is 0.338. The first-order chi connectivity index (χ1) is 11.1. The number of hydrogen-bond acceptors (Lipinski definition) is 4. The van der Waals surface area contributed by atoms with Crippen molar-refractivity contribution in [2.24, 2.45) is 0 Å². The molecule has 1 saturated carbocycles. The second kappa shape index (κ2) is 6.50. The van der Waals surface area contributed by atoms with Crippen LogP contribution in [0.4, 0.5) is 4.39 Å². The lowest BCUT2D eigenvalue weighted by atomic mass is 10.1. The smallest absolute Gasteiger partial charge is 0.343 e. The van der Waals surface area contributed by atoms with E-state index in [-0.39, 0.29) is 18.2 Å². The minimum Gasteiger partial charge on any atom is -0.462 e. The number of carbonyl (C=O) groups is 1. The van der Waals surface area contributed by atoms with Crippen molar-refractivity contribution in [2.45, 2.75) is 25.3 Å². The number of pyridine rings is 1. The zero-order valence-electron chi connectivity index (χ0n) is 12.9. The molecule has 0 spiro atoms. The van der Waals surface area contributed by atoms with Crippen molar-refractivity contribution in [2.75, 3.05) is 20.3 Å². The molecule has 0 atom stereocenters. The zero-order chi connectivity index (χ0) is 16.4. The average Bonchev–Trinajstić information content (AvgIpc) is 3.36. The fourth-order valence-electron chi connectivity index (χ4n) is 2.57. The summed E-state index contributed by atoms with van der Waals surface area (Å²) in [7, 11) is 1.57. The van der Waals surface area contributed by atoms with Gasteiger partial charge in [0.05, 0.1) is 12.1 Å². The minimum atomic E-state index is -0.647. The van der Waals surface area contributed by atoms with Gasteiger partial charge < -0.3 is 14.0 Å². The van der Waals surface area contributed by atoms with Crippen LogP contribution in [0, 0.1) is 5.82 Å². The molecule has 1 aliphatic rings. The van der Waals surface area contributed by atoms with Crippen LogP contribution in [0.5, 0.6) is 0 Å². The van der Waals surface area contributed by atoms with Crippen LogP contribution in [0.3, 0.4) is 0 Å². The van der Waals surface area contributed by atoms with Crippen LogP contribution < -0.4 is 5.43 Å². The molecule has 0 aliphatic heterocycles. The van der Waals surface area contributed by atoms with Crippen molar-refractivity contribution in [3.8, 4) is 0 Å². The van der Waals surface area contributed by atoms with Gasteiger partial charge in [0.2, 0.25) is 5.43 Å². The number of rotatable bonds is 6. The van der Waals surface area contributed by atoms with E-state index in [1.807, 2.05) is 4.57 Å². The zero-order valence-corrected chi connectivity index (χ0v) is 12.9. The Bertz CT molecular complexity index is 795. The van der Waals surface area contributed by atoms with Crippen LogP contribution in [0.1, 0.15) is 35.7 Å². The van der Waals surface area contributed by atoms with E-state index >= 15 is 0 Å². The predicted molar refractivity (Wildman–Crippen MR) is 83.2 cm³/mol. The van der Waals surface area contributed by atoms with Gasteiger partial charge >= 0.3 is 5.97 Å². The Balaban J connectivity index is 1.97. The Labute approximate surface area is 132 Å². The van der Waals surface area contributed by atoms with E-state index in [0.717, 1.165) is 12.8 Å². The molecule has 6 heteroatoms. The molecule has 5 nitrogen and oxygen atoms in total. The molecular weight excluding hydrogens is 301 g/mol. The standard InChI is InChI=1S/C17H18FNO4/c1-22-7-2-8-23-17(21)14-10-19(12-4-5-12)15-9-11(18)3-6-13(15)16(14)20/h3,6,9-10,12H,2,4-5,7-8H2,1H3. The van der Waals surface area contributed by atoms with Gasteiger partial charge in [0.25, 0.3) is 0 Å². The number of halogens is 1. The summed E-state index contributed by atoms with van der Waals surface area (Å²) in [5.74, 6) is -1.05. The second-order valence-electron chi connectivity index (χ2n) is 5.65. The van der Waals surface area contributed by atoms with Gasteiger partial charge in [-0.15, -0.1) is 0 Å². The van der Waals surface area contributed by atoms with Gasteiger partial charge in [-0.3, -0.25) is 4.79 Å². The molecular formula is C17H18FNO4. The van der Waals surface area contributed by atoms with E-state index in [1.54, 1.807) is 7.11 Å². The van der Waals surface area contributed by atoms with Crippen molar-refractivity contribution in [1.82, 2.24) is 4.57 Å². The number of nitrogens with zero attached hydrogens (tertiary/aromatic N) is 1. The molecule has 0 saturated heterocycles. The molecule has 0 radical (unpaired) electrons. The molecule has 122 valence electrons. The van der Waals surface area contributed by atoms with Crippen LogP contribution in [-0.2, 0) is 9.47 Å². The first-order valence-electron chi connectivity index (χ1n) is 7.62. The molecule has 3 rings (SSSR count). The fourth-order valence-corrected chi connectivity index (χ4v) is 2.57. The second-order valence-corrected chi connectivity index (χ2v) is 5.65. The normalized spacial score (nSPS) is 14.2. The highest BCUT2D eigenvalue weighted by Gasteiger charge is 2.27. The summed E-state index contributed by atoms with van der Waals surface area (Å²) < 4.78 is 25.3. The van der Waals surface area contributed by atoms with Gasteiger partial charge in [0.15, 0.2) is 0 Å². The fraction of sp³-hybridized carbons (Fsp3) is 0.412. The van der Waals surface area contributed by atoms with Gasteiger partial charge in [0, 0.05) is 37.8 Å². The Morgan fingerprint density at radius 1 is 1.35 bits per heavy atom. The van der Waals surface area contributed by atoms with Crippen molar-refractivity contribution in [3.05, 3.63) is 46.0 Å². The first kappa shape index (κ1) is 15.7. The highest BCUT2D eigenvalue weighted by molar-refractivity contribution is 5.93. The van der Waals surface area contributed by atoms with Crippen molar-refractivity contribution in [1.29, 1.82) is 0 Å². The molecule has 1 aromatic carbocycles. The van der Waals surface area contributed by atoms with Crippen LogP contribution in [0.15, 0.2) is 29.2 Å². The SMILES string of the molecule is COCCCOC(=O)c1cn(C2CC2)c2cc(F)ccc2c1=O. The highest BCUT2D eigenvalue weighted by Crippen LogP contribution is 2.37. The Kier molecular flexibility index (Phi) is 4.43. The van der Waals surface area contributed by atoms with E-state index in [0.29, 0.717) is 23.9 Å². The Morgan fingerprint density at radius 2 is 2.13 bits per heavy atom. The molecule has 23 heavy (non-hydrogen) atoms. The lowest BCUT2D eigenvalue weighted by molar-refractivity contribution is 0.0466. The van der Waals surface area contributed by atoms with Crippen LogP contribution in [0.25, 0.3) is 10.9 Å². The number of fused-ring (bicyclic) bond motifs is 1. The Morgan fingerprint density at radius 3 is 2.83 bits per heavy atom. The predicted octanol–water partition coefficient (Wildman–Crippen LogP) is 2.67. The van der Waals surface area contributed by atoms with E-state index in [4.69, 9.17) is 9.47 Å². The molecule has 0 amide bonds. The maximum atomic E-state index is 13.5. The molecule has 0 unspecified atom stereocenters. The topological polar surface area (TPSA) is 57.5 Å². The minimum absolute atomic E-state index is 0.00609. The summed E-state index contributed by atoms with van der Waals surface area (Å²) in [6.45, 7) is 0.674. The Hall–Kier alpha value is -2.21. The van der Waals surface area contributed by atoms with Crippen LogP contribution >= 0.6 is 0 Å². The maximum absolute atomic E-state index is 13.5. The van der Waals surface area contributed by atoms with Crippen LogP contribution in [-0.4, -0.2) is 30.9 Å². The summed E-state index contributed by atoms with van der Waals surface area (Å²) in [5.41, 5.74) is 0.0931. The number of esters is 1. The third kappa shape index (κ3) is 3.27. The lowest BCUT2D eigenvalue weighted by Gasteiger charge is -2.12. The lowest BCUT2D eigenvalue weighted by Crippen LogP contribution is -2.21. The monoisotopic (exact) mass is 319 g/mol. The number of carbonyl (C=O) groups excluding carboxylic acids is 1. The maximum Gasteiger partial charge on any atom is 0.343 e. The molecule has 1 aliphatic carbocycles. The number of benzene rings is 1. The summed E-state index contributed by atoms with van der Waals surface area (Å²) in [6.07, 6.45) is 3.98. The largest absolute Gasteiger partial charge is 0.462 e. The highest BCUT2D eigenvalue weighted by atomic mass is 19.1. The summed E-state index contributed by atoms with van der Waals surface area (Å²) >= 11 is 0. The molecule has 0 bridgehead atoms. The number of aromatic nitrogens is 1. The van der Waals surface area contributed by atoms with Crippen molar-refractivity contribution >= 4 is 16.9 Å². The van der Waals surface area contributed by atoms with E-state index < -0.39 is 17.2 Å². The van der Waals surface area contributed by atoms with E-state index in [1.165, 1.54) is 24.4 Å². The summed E-state index contributed by atoms with van der Waals surface area (Å²) in [4.78, 5) is 24.7. The number of hydrogen-bond donors (Lipinski definition) is 0. The van der Waals surface area contributed by atoms with Gasteiger partial charge in [-0.1, -0.05) is 0 Å². The number of ether oxygens (including phenoxy) is 2. The average molecular weight is 319 g/mol. The molecule has 1 heterocycles. The molecule has 1 fully saturated rings. The number of methoxy groups -OCH3 is 1. The van der Waals surface area contributed by atoms with Gasteiger partial charge in [0.1, 0.15) is 11.4 Å². The van der Waals surface area contributed by atoms with Gasteiger partial charge in [-0.2, -0.15) is 0 Å². The van der Waals surface area contributed by atoms with Gasteiger partial charge in [-0.05, 0) is 31.0 Å². The van der Waals surface area contributed by atoms with E-state index in [9.17, 15) is 14.0 Å². The third-order valence-corrected chi connectivity index (χ3v) is 3.88. The van der Waals surface area contributed by atoms with Crippen molar-refractivity contribution in [3.63, 3.8) is 0 Å². The molecule has 1 aromatic heterocycles. The molecule has 2 aromatic rings. The molecule has 0 N–H and O–H groups in total. The first-order valence-corrected chi connectivity index (χ1v) is 7.62. The van der Waals surface area contributed by atoms with E-state index in [2.05, 4.69) is 0 Å². The summed E-state index contributed by atoms with van der Waals surface area (Å²) in [6, 6.07) is 4.20. The third-order valence-electron chi connectivity index (χ3n) is 3.88. The van der Waals surface area contributed by atoms with Gasteiger partial charge in [-0.25, -0.2) is 9.18 Å².